The van der Waals surface area contributed by atoms with E-state index < -0.39 is 22.3 Å². The van der Waals surface area contributed by atoms with Gasteiger partial charge in [0.15, 0.2) is 0 Å². The van der Waals surface area contributed by atoms with Gasteiger partial charge in [-0.15, -0.1) is 0 Å². The van der Waals surface area contributed by atoms with Gasteiger partial charge in [-0.2, -0.15) is 5.10 Å². The summed E-state index contributed by atoms with van der Waals surface area (Å²) in [4.78, 5) is 12.8. The van der Waals surface area contributed by atoms with Crippen molar-refractivity contribution in [2.24, 2.45) is 5.10 Å². The zero-order valence-corrected chi connectivity index (χ0v) is 14.0. The quantitative estimate of drug-likeness (QED) is 0.788. The van der Waals surface area contributed by atoms with Gasteiger partial charge >= 0.3 is 5.97 Å². The number of rotatable bonds is 2. The minimum absolute atomic E-state index is 0.357. The molecule has 2 heterocycles. The third-order valence-electron chi connectivity index (χ3n) is 4.53. The molecule has 0 aliphatic carbocycles. The molecule has 5 nitrogen and oxygen atoms in total. The first kappa shape index (κ1) is 15.1. The third-order valence-corrected chi connectivity index (χ3v) is 6.10. The first-order chi connectivity index (χ1) is 11.7. The molecule has 2 aromatic carbocycles. The summed E-state index contributed by atoms with van der Waals surface area (Å²) in [6.45, 7) is 0. The van der Waals surface area contributed by atoms with Crippen LogP contribution in [0.2, 0.25) is 0 Å². The summed E-state index contributed by atoms with van der Waals surface area (Å²) in [5, 5.41) is 6.40. The van der Waals surface area contributed by atoms with Gasteiger partial charge in [0, 0.05) is 6.42 Å². The van der Waals surface area contributed by atoms with E-state index in [0.29, 0.717) is 17.9 Å². The van der Waals surface area contributed by atoms with Crippen molar-refractivity contribution in [3.63, 3.8) is 0 Å². The van der Waals surface area contributed by atoms with Crippen molar-refractivity contribution in [1.29, 1.82) is 0 Å². The summed E-state index contributed by atoms with van der Waals surface area (Å²) >= 11 is 0. The highest BCUT2D eigenvalue weighted by molar-refractivity contribution is 7.85. The van der Waals surface area contributed by atoms with Crippen LogP contribution in [0.5, 0.6) is 0 Å². The number of anilines is 1. The third kappa shape index (κ3) is 2.10. The first-order valence-electron chi connectivity index (χ1n) is 7.65. The number of nitrogens with zero attached hydrogens (tertiary/aromatic N) is 2. The van der Waals surface area contributed by atoms with Crippen molar-refractivity contribution < 1.29 is 13.7 Å². The van der Waals surface area contributed by atoms with Gasteiger partial charge in [0.2, 0.25) is 0 Å². The molecule has 2 aliphatic heterocycles. The summed E-state index contributed by atoms with van der Waals surface area (Å²) in [7, 11) is 0.188. The van der Waals surface area contributed by atoms with Crippen molar-refractivity contribution in [2.75, 3.05) is 17.9 Å². The van der Waals surface area contributed by atoms with Crippen LogP contribution in [0.4, 0.5) is 5.69 Å². The summed E-state index contributed by atoms with van der Waals surface area (Å²) in [6, 6.07) is 17.3. The lowest BCUT2D eigenvalue weighted by atomic mass is 9.86. The second-order valence-electron chi connectivity index (χ2n) is 5.88. The van der Waals surface area contributed by atoms with E-state index in [-0.39, 0.29) is 0 Å². The Balaban J connectivity index is 1.92. The van der Waals surface area contributed by atoms with Crippen LogP contribution >= 0.6 is 0 Å². The Morgan fingerprint density at radius 3 is 2.62 bits per heavy atom. The highest BCUT2D eigenvalue weighted by Gasteiger charge is 2.51. The van der Waals surface area contributed by atoms with E-state index in [9.17, 15) is 9.00 Å². The number of ether oxygens (including phenoxy) is 1. The molecule has 0 saturated heterocycles. The molecular weight excluding hydrogens is 324 g/mol. The van der Waals surface area contributed by atoms with Crippen LogP contribution in [0.3, 0.4) is 0 Å². The van der Waals surface area contributed by atoms with Crippen molar-refractivity contribution >= 4 is 28.2 Å². The van der Waals surface area contributed by atoms with Gasteiger partial charge in [-0.05, 0) is 17.7 Å². The largest absolute Gasteiger partial charge is 0.464 e. The Bertz CT molecular complexity index is 866. The number of hydrazone groups is 1. The summed E-state index contributed by atoms with van der Waals surface area (Å²) in [5.74, 6) is -0.0548. The molecule has 0 amide bonds. The van der Waals surface area contributed by atoms with Crippen LogP contribution in [-0.2, 0) is 25.9 Å². The van der Waals surface area contributed by atoms with Crippen molar-refractivity contribution in [1.82, 2.24) is 0 Å². The highest BCUT2D eigenvalue weighted by Crippen LogP contribution is 2.47. The maximum atomic E-state index is 12.9. The van der Waals surface area contributed by atoms with Crippen LogP contribution in [0.1, 0.15) is 12.0 Å². The van der Waals surface area contributed by atoms with E-state index >= 15 is 0 Å². The van der Waals surface area contributed by atoms with Crippen molar-refractivity contribution in [2.45, 2.75) is 16.9 Å². The monoisotopic (exact) mass is 340 g/mol. The molecule has 0 spiro atoms. The summed E-state index contributed by atoms with van der Waals surface area (Å²) < 4.78 is 17.7. The molecule has 0 N–H and O–H groups in total. The molecule has 2 aromatic rings. The Labute approximate surface area is 142 Å². The average molecular weight is 340 g/mol. The van der Waals surface area contributed by atoms with Crippen LogP contribution < -0.4 is 5.01 Å². The lowest BCUT2D eigenvalue weighted by Gasteiger charge is -2.41. The summed E-state index contributed by atoms with van der Waals surface area (Å²) in [5.41, 5.74) is 1.51. The molecule has 0 saturated carbocycles. The minimum atomic E-state index is -1.16. The summed E-state index contributed by atoms with van der Waals surface area (Å²) in [6.07, 6.45) is 0.379. The maximum absolute atomic E-state index is 12.9. The number of methoxy groups -OCH3 is 1. The number of para-hydroxylation sites is 1. The molecule has 0 aromatic heterocycles. The van der Waals surface area contributed by atoms with E-state index in [2.05, 4.69) is 5.10 Å². The van der Waals surface area contributed by atoms with Gasteiger partial charge in [0.1, 0.15) is 11.3 Å². The lowest BCUT2D eigenvalue weighted by Crippen LogP contribution is -2.48. The molecule has 2 aliphatic rings. The molecular formula is C18H16N2O3S. The number of hydrogen-bond donors (Lipinski definition) is 0. The van der Waals surface area contributed by atoms with E-state index in [4.69, 9.17) is 4.74 Å². The van der Waals surface area contributed by atoms with E-state index in [1.165, 1.54) is 7.11 Å². The van der Waals surface area contributed by atoms with E-state index in [0.717, 1.165) is 16.1 Å². The molecule has 122 valence electrons. The Hall–Kier alpha value is -2.47. The number of carbonyl (C=O) groups excluding carboxylic acids is 1. The van der Waals surface area contributed by atoms with Crippen molar-refractivity contribution in [3.05, 3.63) is 60.2 Å². The number of carbonyl (C=O) groups is 1. The molecule has 0 bridgehead atoms. The van der Waals surface area contributed by atoms with Crippen molar-refractivity contribution in [3.8, 4) is 0 Å². The van der Waals surface area contributed by atoms with Gasteiger partial charge in [-0.25, -0.2) is 4.79 Å². The molecule has 0 fully saturated rings. The van der Waals surface area contributed by atoms with Crippen LogP contribution in [-0.4, -0.2) is 28.8 Å². The molecule has 6 heteroatoms. The second kappa shape index (κ2) is 5.56. The highest BCUT2D eigenvalue weighted by atomic mass is 32.2. The van der Waals surface area contributed by atoms with Crippen LogP contribution in [0, 0.1) is 0 Å². The maximum Gasteiger partial charge on any atom is 0.354 e. The van der Waals surface area contributed by atoms with Gasteiger partial charge in [0.05, 0.1) is 34.2 Å². The fourth-order valence-corrected chi connectivity index (χ4v) is 5.00. The zero-order chi connectivity index (χ0) is 16.7. The average Bonchev–Trinajstić information content (AvgIpc) is 3.03. The van der Waals surface area contributed by atoms with E-state index in [1.807, 2.05) is 59.6 Å². The number of hydrogen-bond acceptors (Lipinski definition) is 5. The molecule has 0 radical (unpaired) electrons. The predicted octanol–water partition coefficient (Wildman–Crippen LogP) is 2.44. The first-order valence-corrected chi connectivity index (χ1v) is 8.96. The topological polar surface area (TPSA) is 59.0 Å². The molecule has 2 atom stereocenters. The molecule has 24 heavy (non-hydrogen) atoms. The standard InChI is InChI=1S/C18H16N2O3S/c1-23-17(21)14-11-18(13-7-3-2-4-8-13)12-24(22)16-10-6-5-9-15(16)20(18)19-14/h2-10H,11-12H2,1H3. The van der Waals surface area contributed by atoms with Crippen LogP contribution in [0.25, 0.3) is 0 Å². The molecule has 2 unspecified atom stereocenters. The van der Waals surface area contributed by atoms with Gasteiger partial charge in [-0.3, -0.25) is 9.22 Å². The Morgan fingerprint density at radius 1 is 1.17 bits per heavy atom. The predicted molar refractivity (Wildman–Crippen MR) is 92.4 cm³/mol. The number of benzene rings is 2. The fraction of sp³-hybridized carbons (Fsp3) is 0.222. The number of fused-ring (bicyclic) bond motifs is 3. The zero-order valence-electron chi connectivity index (χ0n) is 13.1. The SMILES string of the molecule is COC(=O)C1=NN2c3ccccc3S(=O)CC2(c2ccccc2)C1. The van der Waals surface area contributed by atoms with Gasteiger partial charge in [0.25, 0.3) is 0 Å². The minimum Gasteiger partial charge on any atom is -0.464 e. The number of esters is 1. The van der Waals surface area contributed by atoms with Crippen LogP contribution in [0.15, 0.2) is 64.6 Å². The van der Waals surface area contributed by atoms with Gasteiger partial charge in [-0.1, -0.05) is 42.5 Å². The Kier molecular flexibility index (Phi) is 3.49. The Morgan fingerprint density at radius 2 is 1.88 bits per heavy atom. The smallest absolute Gasteiger partial charge is 0.354 e. The lowest BCUT2D eigenvalue weighted by molar-refractivity contribution is -0.132. The normalized spacial score (nSPS) is 24.8. The second-order valence-corrected chi connectivity index (χ2v) is 7.30. The van der Waals surface area contributed by atoms with E-state index in [1.54, 1.807) is 0 Å². The fourth-order valence-electron chi connectivity index (χ4n) is 3.41. The van der Waals surface area contributed by atoms with Gasteiger partial charge < -0.3 is 4.74 Å². The molecule has 4 rings (SSSR count).